The maximum absolute atomic E-state index is 12.2. The number of benzene rings is 1. The highest BCUT2D eigenvalue weighted by Crippen LogP contribution is 2.26. The van der Waals surface area contributed by atoms with Crippen molar-refractivity contribution in [1.29, 1.82) is 0 Å². The zero-order valence-corrected chi connectivity index (χ0v) is 17.0. The van der Waals surface area contributed by atoms with Gasteiger partial charge in [0.2, 0.25) is 5.88 Å². The second-order valence-electron chi connectivity index (χ2n) is 6.79. The van der Waals surface area contributed by atoms with Gasteiger partial charge in [-0.25, -0.2) is 26.5 Å². The second-order valence-corrected chi connectivity index (χ2v) is 6.79. The maximum Gasteiger partial charge on any atom is 0.352 e. The Morgan fingerprint density at radius 3 is 2.55 bits per heavy atom. The summed E-state index contributed by atoms with van der Waals surface area (Å²) in [4.78, 5) is 16.7. The monoisotopic (exact) mass is 395 g/mol. The summed E-state index contributed by atoms with van der Waals surface area (Å²) in [5, 5.41) is 6.29. The molecule has 0 aliphatic carbocycles. The summed E-state index contributed by atoms with van der Waals surface area (Å²) in [6.07, 6.45) is 1.92. The number of nitrogens with zero attached hydrogens (tertiary/aromatic N) is 5. The molecule has 2 heterocycles. The third-order valence-electron chi connectivity index (χ3n) is 4.53. The summed E-state index contributed by atoms with van der Waals surface area (Å²) >= 11 is 0. The molecule has 0 bridgehead atoms. The molecule has 0 aliphatic heterocycles. The lowest BCUT2D eigenvalue weighted by Gasteiger charge is -2.24. The van der Waals surface area contributed by atoms with E-state index >= 15 is 0 Å². The third kappa shape index (κ3) is 4.36. The minimum Gasteiger partial charge on any atom is -0.473 e. The molecule has 0 spiro atoms. The van der Waals surface area contributed by atoms with Crippen molar-refractivity contribution in [1.82, 2.24) is 19.8 Å². The Morgan fingerprint density at radius 2 is 1.90 bits per heavy atom. The van der Waals surface area contributed by atoms with Crippen molar-refractivity contribution in [3.8, 4) is 17.1 Å². The van der Waals surface area contributed by atoms with E-state index in [1.807, 2.05) is 51.4 Å². The van der Waals surface area contributed by atoms with Crippen molar-refractivity contribution < 1.29 is 9.53 Å². The van der Waals surface area contributed by atoms with Crippen LogP contribution >= 0.6 is 0 Å². The van der Waals surface area contributed by atoms with Crippen LogP contribution < -0.4 is 21.4 Å². The summed E-state index contributed by atoms with van der Waals surface area (Å²) in [6.45, 7) is 4.06. The highest BCUT2D eigenvalue weighted by Gasteiger charge is 2.19. The molecule has 2 amide bonds. The van der Waals surface area contributed by atoms with Crippen LogP contribution in [0.5, 0.6) is 5.88 Å². The van der Waals surface area contributed by atoms with Gasteiger partial charge < -0.3 is 4.74 Å². The van der Waals surface area contributed by atoms with E-state index in [9.17, 15) is 4.79 Å². The molecular weight excluding hydrogens is 370 g/mol. The Kier molecular flexibility index (Phi) is 5.81. The molecule has 152 valence electrons. The Morgan fingerprint density at radius 1 is 1.17 bits per heavy atom. The number of rotatable bonds is 5. The summed E-state index contributed by atoms with van der Waals surface area (Å²) in [5.41, 5.74) is 4.84. The number of hydrazine groups is 2. The molecule has 29 heavy (non-hydrogen) atoms. The lowest BCUT2D eigenvalue weighted by Crippen LogP contribution is -2.49. The van der Waals surface area contributed by atoms with Crippen LogP contribution in [-0.2, 0) is 13.7 Å². The van der Waals surface area contributed by atoms with E-state index in [0.29, 0.717) is 11.6 Å². The molecule has 0 saturated carbocycles. The van der Waals surface area contributed by atoms with E-state index in [1.165, 1.54) is 7.05 Å². The van der Waals surface area contributed by atoms with Crippen LogP contribution in [-0.4, -0.2) is 32.9 Å². The molecular formula is C20H25N7O2. The van der Waals surface area contributed by atoms with E-state index in [-0.39, 0.29) is 6.61 Å². The van der Waals surface area contributed by atoms with Crippen molar-refractivity contribution in [2.75, 3.05) is 12.1 Å². The topological polar surface area (TPSA) is 116 Å². The van der Waals surface area contributed by atoms with Gasteiger partial charge in [-0.1, -0.05) is 18.2 Å². The molecule has 0 unspecified atom stereocenters. The Labute approximate surface area is 169 Å². The third-order valence-corrected chi connectivity index (χ3v) is 4.53. The first kappa shape index (κ1) is 20.3. The first-order chi connectivity index (χ1) is 13.8. The van der Waals surface area contributed by atoms with E-state index in [0.717, 1.165) is 38.1 Å². The number of hydrogen-bond acceptors (Lipinski definition) is 6. The van der Waals surface area contributed by atoms with E-state index in [4.69, 9.17) is 16.4 Å². The maximum atomic E-state index is 12.2. The van der Waals surface area contributed by atoms with E-state index in [2.05, 4.69) is 10.1 Å². The molecule has 0 aliphatic rings. The number of nitrogens with two attached hydrogens (primary N) is 2. The fourth-order valence-corrected chi connectivity index (χ4v) is 3.02. The Hall–Kier alpha value is -3.43. The quantitative estimate of drug-likeness (QED) is 0.389. The fourth-order valence-electron chi connectivity index (χ4n) is 3.02. The zero-order valence-electron chi connectivity index (χ0n) is 17.0. The molecule has 3 rings (SSSR count). The molecule has 0 radical (unpaired) electrons. The molecule has 0 atom stereocenters. The van der Waals surface area contributed by atoms with Gasteiger partial charge in [0, 0.05) is 37.5 Å². The normalized spacial score (nSPS) is 10.7. The number of amides is 2. The Bertz CT molecular complexity index is 1030. The smallest absolute Gasteiger partial charge is 0.352 e. The van der Waals surface area contributed by atoms with Crippen LogP contribution in [0.1, 0.15) is 16.8 Å². The zero-order chi connectivity index (χ0) is 21.1. The van der Waals surface area contributed by atoms with Crippen molar-refractivity contribution in [2.24, 2.45) is 18.7 Å². The molecule has 0 saturated heterocycles. The fraction of sp³-hybridized carbons (Fsp3) is 0.250. The van der Waals surface area contributed by atoms with Gasteiger partial charge in [0.15, 0.2) is 0 Å². The van der Waals surface area contributed by atoms with Crippen LogP contribution in [0.3, 0.4) is 0 Å². The lowest BCUT2D eigenvalue weighted by molar-refractivity contribution is 0.216. The largest absolute Gasteiger partial charge is 0.473 e. The average Bonchev–Trinajstić information content (AvgIpc) is 3.04. The molecule has 0 fully saturated rings. The van der Waals surface area contributed by atoms with Crippen LogP contribution in [0.15, 0.2) is 42.6 Å². The second kappa shape index (κ2) is 8.29. The minimum absolute atomic E-state index is 0.194. The van der Waals surface area contributed by atoms with Crippen molar-refractivity contribution in [2.45, 2.75) is 20.5 Å². The van der Waals surface area contributed by atoms with Crippen molar-refractivity contribution in [3.63, 3.8) is 0 Å². The van der Waals surface area contributed by atoms with Gasteiger partial charge in [0.25, 0.3) is 0 Å². The highest BCUT2D eigenvalue weighted by molar-refractivity contribution is 5.91. The predicted octanol–water partition coefficient (Wildman–Crippen LogP) is 2.28. The predicted molar refractivity (Wildman–Crippen MR) is 111 cm³/mol. The molecule has 3 aromatic rings. The van der Waals surface area contributed by atoms with Gasteiger partial charge >= 0.3 is 6.03 Å². The van der Waals surface area contributed by atoms with Crippen LogP contribution in [0.4, 0.5) is 10.5 Å². The highest BCUT2D eigenvalue weighted by atomic mass is 16.5. The first-order valence-electron chi connectivity index (χ1n) is 9.04. The van der Waals surface area contributed by atoms with Gasteiger partial charge in [-0.05, 0) is 31.5 Å². The summed E-state index contributed by atoms with van der Waals surface area (Å²) in [7, 11) is 3.30. The standard InChI is InChI=1S/C20H25N7O2/c1-13-7-5-9-18(27(22)20(28)26(4)21)16(13)12-29-19-10-6-8-17(23-19)15-11-25(3)24-14(15)2/h5-11H,12,21-22H2,1-4H3. The molecule has 9 nitrogen and oxygen atoms in total. The summed E-state index contributed by atoms with van der Waals surface area (Å²) < 4.78 is 7.69. The molecule has 4 N–H and O–H groups in total. The van der Waals surface area contributed by atoms with Gasteiger partial charge in [-0.2, -0.15) is 5.10 Å². The lowest BCUT2D eigenvalue weighted by atomic mass is 10.1. The summed E-state index contributed by atoms with van der Waals surface area (Å²) in [6, 6.07) is 10.5. The molecule has 2 aromatic heterocycles. The van der Waals surface area contributed by atoms with Crippen LogP contribution in [0, 0.1) is 13.8 Å². The first-order valence-corrected chi connectivity index (χ1v) is 9.04. The van der Waals surface area contributed by atoms with Gasteiger partial charge in [0.1, 0.15) is 6.61 Å². The van der Waals surface area contributed by atoms with Crippen molar-refractivity contribution in [3.05, 3.63) is 59.4 Å². The van der Waals surface area contributed by atoms with Crippen molar-refractivity contribution >= 4 is 11.7 Å². The number of aryl methyl sites for hydroxylation is 3. The molecule has 1 aromatic carbocycles. The average molecular weight is 395 g/mol. The minimum atomic E-state index is -0.538. The van der Waals surface area contributed by atoms with E-state index in [1.54, 1.807) is 16.8 Å². The number of hydrogen-bond donors (Lipinski definition) is 2. The van der Waals surface area contributed by atoms with Gasteiger partial charge in [-0.15, -0.1) is 0 Å². The number of ether oxygens (including phenoxy) is 1. The molecule has 9 heteroatoms. The number of carbonyl (C=O) groups is 1. The van der Waals surface area contributed by atoms with Gasteiger partial charge in [-0.3, -0.25) is 9.69 Å². The van der Waals surface area contributed by atoms with Crippen LogP contribution in [0.2, 0.25) is 0 Å². The van der Waals surface area contributed by atoms with Crippen LogP contribution in [0.25, 0.3) is 11.3 Å². The SMILES string of the molecule is Cc1cccc(N(N)C(=O)N(C)N)c1COc1cccc(-c2cn(C)nc2C)n1. The van der Waals surface area contributed by atoms with Gasteiger partial charge in [0.05, 0.1) is 17.1 Å². The van der Waals surface area contributed by atoms with E-state index < -0.39 is 6.03 Å². The Balaban J connectivity index is 1.85. The number of anilines is 1. The summed E-state index contributed by atoms with van der Waals surface area (Å²) in [5.74, 6) is 12.0. The number of urea groups is 1. The number of carbonyl (C=O) groups excluding carboxylic acids is 1. The number of aromatic nitrogens is 3. The number of pyridine rings is 1.